The fourth-order valence-electron chi connectivity index (χ4n) is 3.35. The van der Waals surface area contributed by atoms with Gasteiger partial charge in [-0.2, -0.15) is 0 Å². The first-order chi connectivity index (χ1) is 14.9. The number of aromatic carboxylic acids is 1. The molecule has 0 fully saturated rings. The first-order valence-corrected chi connectivity index (χ1v) is 10.4. The molecular weight excluding hydrogens is 420 g/mol. The molecular formula is C24H17F2NO3S. The number of benzene rings is 3. The zero-order valence-electron chi connectivity index (χ0n) is 16.3. The lowest BCUT2D eigenvalue weighted by atomic mass is 10.0. The molecule has 4 nitrogen and oxygen atoms in total. The van der Waals surface area contributed by atoms with E-state index in [9.17, 15) is 18.4 Å². The molecule has 31 heavy (non-hydrogen) atoms. The van der Waals surface area contributed by atoms with Gasteiger partial charge in [0.25, 0.3) is 0 Å². The molecule has 0 aliphatic carbocycles. The van der Waals surface area contributed by atoms with Gasteiger partial charge in [-0.05, 0) is 59.5 Å². The van der Waals surface area contributed by atoms with Gasteiger partial charge in [-0.25, -0.2) is 18.6 Å². The molecule has 4 rings (SSSR count). The number of aromatic nitrogens is 1. The van der Waals surface area contributed by atoms with Crippen LogP contribution in [0.15, 0.2) is 60.7 Å². The Kier molecular flexibility index (Phi) is 5.86. The molecule has 0 saturated carbocycles. The molecule has 0 aliphatic heterocycles. The zero-order chi connectivity index (χ0) is 22.0. The molecule has 3 aromatic carbocycles. The predicted molar refractivity (Wildman–Crippen MR) is 115 cm³/mol. The van der Waals surface area contributed by atoms with Crippen LogP contribution in [0.1, 0.15) is 27.3 Å². The molecule has 0 spiro atoms. The molecule has 0 amide bonds. The highest BCUT2D eigenvalue weighted by atomic mass is 32.1. The van der Waals surface area contributed by atoms with Crippen molar-refractivity contribution in [1.29, 1.82) is 0 Å². The molecule has 0 radical (unpaired) electrons. The maximum Gasteiger partial charge on any atom is 0.335 e. The lowest BCUT2D eigenvalue weighted by Gasteiger charge is -2.02. The highest BCUT2D eigenvalue weighted by molar-refractivity contribution is 7.18. The molecule has 156 valence electrons. The normalized spacial score (nSPS) is 11.0. The summed E-state index contributed by atoms with van der Waals surface area (Å²) in [6.07, 6.45) is 0.925. The van der Waals surface area contributed by atoms with Gasteiger partial charge >= 0.3 is 5.97 Å². The molecule has 0 bridgehead atoms. The van der Waals surface area contributed by atoms with Crippen LogP contribution in [-0.4, -0.2) is 21.8 Å². The van der Waals surface area contributed by atoms with E-state index in [1.807, 2.05) is 6.07 Å². The number of aryl methyl sites for hydroxylation is 1. The molecule has 0 unspecified atom stereocenters. The number of Topliss-reactive ketones (excluding diaryl/α,β-unsaturated/α-hetero) is 1. The Bertz CT molecular complexity index is 1280. The van der Waals surface area contributed by atoms with E-state index in [4.69, 9.17) is 5.11 Å². The van der Waals surface area contributed by atoms with E-state index in [-0.39, 0.29) is 24.2 Å². The Morgan fingerprint density at radius 2 is 1.71 bits per heavy atom. The van der Waals surface area contributed by atoms with E-state index in [1.165, 1.54) is 29.5 Å². The summed E-state index contributed by atoms with van der Waals surface area (Å²) in [6.45, 7) is 0. The quantitative estimate of drug-likeness (QED) is 0.404. The van der Waals surface area contributed by atoms with Crippen LogP contribution in [0.25, 0.3) is 21.3 Å². The number of rotatable bonds is 7. The maximum atomic E-state index is 13.5. The van der Waals surface area contributed by atoms with Crippen molar-refractivity contribution in [2.45, 2.75) is 19.3 Å². The first kappa shape index (κ1) is 20.8. The Morgan fingerprint density at radius 3 is 2.45 bits per heavy atom. The van der Waals surface area contributed by atoms with Crippen molar-refractivity contribution in [2.75, 3.05) is 0 Å². The number of ketones is 1. The van der Waals surface area contributed by atoms with Gasteiger partial charge < -0.3 is 5.11 Å². The highest BCUT2D eigenvalue weighted by Gasteiger charge is 2.12. The van der Waals surface area contributed by atoms with E-state index >= 15 is 0 Å². The topological polar surface area (TPSA) is 67.3 Å². The number of carboxylic acid groups (broad SMARTS) is 1. The molecule has 1 N–H and O–H groups in total. The van der Waals surface area contributed by atoms with Crippen LogP contribution in [0.4, 0.5) is 8.78 Å². The van der Waals surface area contributed by atoms with Gasteiger partial charge in [-0.1, -0.05) is 18.2 Å². The number of nitrogens with zero attached hydrogens (tertiary/aromatic N) is 1. The Hall–Kier alpha value is -3.45. The fourth-order valence-corrected chi connectivity index (χ4v) is 4.38. The van der Waals surface area contributed by atoms with Crippen molar-refractivity contribution in [3.05, 3.63) is 88.4 Å². The Labute approximate surface area is 180 Å². The van der Waals surface area contributed by atoms with E-state index in [1.54, 1.807) is 30.3 Å². The van der Waals surface area contributed by atoms with Crippen LogP contribution in [0.5, 0.6) is 0 Å². The third-order valence-electron chi connectivity index (χ3n) is 4.84. The molecule has 0 saturated heterocycles. The molecule has 0 atom stereocenters. The first-order valence-electron chi connectivity index (χ1n) is 9.57. The van der Waals surface area contributed by atoms with Crippen LogP contribution in [0.2, 0.25) is 0 Å². The minimum atomic E-state index is -0.997. The summed E-state index contributed by atoms with van der Waals surface area (Å²) in [5.74, 6) is -2.27. The van der Waals surface area contributed by atoms with Crippen molar-refractivity contribution in [1.82, 2.24) is 4.98 Å². The second-order valence-electron chi connectivity index (χ2n) is 7.17. The van der Waals surface area contributed by atoms with Crippen LogP contribution in [0.3, 0.4) is 0 Å². The van der Waals surface area contributed by atoms with E-state index in [0.717, 1.165) is 21.8 Å². The molecule has 1 aromatic heterocycles. The van der Waals surface area contributed by atoms with Crippen LogP contribution in [0, 0.1) is 11.6 Å². The van der Waals surface area contributed by atoms with E-state index in [2.05, 4.69) is 4.98 Å². The van der Waals surface area contributed by atoms with Gasteiger partial charge in [0.05, 0.1) is 22.2 Å². The molecule has 4 aromatic rings. The SMILES string of the molecule is O=C(CCc1cccc(C(=O)O)c1)Cc1nc2ccc(-c3cc(F)cc(F)c3)cc2s1. The van der Waals surface area contributed by atoms with Gasteiger partial charge in [0.2, 0.25) is 0 Å². The van der Waals surface area contributed by atoms with Crippen LogP contribution in [-0.2, 0) is 17.6 Å². The van der Waals surface area contributed by atoms with E-state index < -0.39 is 17.6 Å². The van der Waals surface area contributed by atoms with Gasteiger partial charge in [0, 0.05) is 12.5 Å². The van der Waals surface area contributed by atoms with Crippen molar-refractivity contribution in [3.63, 3.8) is 0 Å². The number of hydrogen-bond donors (Lipinski definition) is 1. The molecule has 1 heterocycles. The number of fused-ring (bicyclic) bond motifs is 1. The Morgan fingerprint density at radius 1 is 0.935 bits per heavy atom. The lowest BCUT2D eigenvalue weighted by Crippen LogP contribution is -2.05. The number of thiazole rings is 1. The summed E-state index contributed by atoms with van der Waals surface area (Å²) in [5.41, 5.74) is 2.83. The Balaban J connectivity index is 1.45. The number of carbonyl (C=O) groups is 2. The third-order valence-corrected chi connectivity index (χ3v) is 5.86. The number of carbonyl (C=O) groups excluding carboxylic acids is 1. The standard InChI is InChI=1S/C24H17F2NO3S/c25-18-9-17(10-19(26)12-18)15-5-7-21-22(11-15)31-23(27-21)13-20(28)6-4-14-2-1-3-16(8-14)24(29)30/h1-3,5,7-12H,4,6,13H2,(H,29,30). The summed E-state index contributed by atoms with van der Waals surface area (Å²) in [7, 11) is 0. The molecule has 0 aliphatic rings. The van der Waals surface area contributed by atoms with Crippen molar-refractivity contribution in [2.24, 2.45) is 0 Å². The van der Waals surface area contributed by atoms with Crippen LogP contribution < -0.4 is 0 Å². The largest absolute Gasteiger partial charge is 0.478 e. The van der Waals surface area contributed by atoms with Gasteiger partial charge in [0.15, 0.2) is 0 Å². The minimum Gasteiger partial charge on any atom is -0.478 e. The highest BCUT2D eigenvalue weighted by Crippen LogP contribution is 2.29. The predicted octanol–water partition coefficient (Wildman–Crippen LogP) is 5.68. The smallest absolute Gasteiger partial charge is 0.335 e. The maximum absolute atomic E-state index is 13.5. The summed E-state index contributed by atoms with van der Waals surface area (Å²) in [6, 6.07) is 15.3. The van der Waals surface area contributed by atoms with Gasteiger partial charge in [-0.15, -0.1) is 11.3 Å². The van der Waals surface area contributed by atoms with Gasteiger partial charge in [-0.3, -0.25) is 4.79 Å². The van der Waals surface area contributed by atoms with Crippen molar-refractivity contribution < 1.29 is 23.5 Å². The average molecular weight is 437 g/mol. The summed E-state index contributed by atoms with van der Waals surface area (Å²) in [5, 5.41) is 9.73. The molecule has 7 heteroatoms. The summed E-state index contributed by atoms with van der Waals surface area (Å²) >= 11 is 1.37. The fraction of sp³-hybridized carbons (Fsp3) is 0.125. The second kappa shape index (κ2) is 8.73. The average Bonchev–Trinajstić information content (AvgIpc) is 3.13. The van der Waals surface area contributed by atoms with Gasteiger partial charge in [0.1, 0.15) is 22.4 Å². The van der Waals surface area contributed by atoms with Crippen molar-refractivity contribution >= 4 is 33.3 Å². The minimum absolute atomic E-state index is 0.00668. The lowest BCUT2D eigenvalue weighted by molar-refractivity contribution is -0.118. The van der Waals surface area contributed by atoms with Crippen LogP contribution >= 0.6 is 11.3 Å². The zero-order valence-corrected chi connectivity index (χ0v) is 17.1. The summed E-state index contributed by atoms with van der Waals surface area (Å²) in [4.78, 5) is 28.0. The monoisotopic (exact) mass is 437 g/mol. The number of hydrogen-bond acceptors (Lipinski definition) is 4. The number of halogens is 2. The van der Waals surface area contributed by atoms with E-state index in [0.29, 0.717) is 22.6 Å². The number of carboxylic acids is 1. The second-order valence-corrected chi connectivity index (χ2v) is 8.28. The summed E-state index contributed by atoms with van der Waals surface area (Å²) < 4.78 is 27.9. The van der Waals surface area contributed by atoms with Crippen molar-refractivity contribution in [3.8, 4) is 11.1 Å². The third kappa shape index (κ3) is 5.00.